The molecule has 0 spiro atoms. The standard InChI is InChI=1S/C10H9BrCl2O/c1-6(11)10(14)7-2-3-8(5-12)9(13)4-7/h2-4,6H,5H2,1H3. The quantitative estimate of drug-likeness (QED) is 0.607. The van der Waals surface area contributed by atoms with E-state index in [-0.39, 0.29) is 10.6 Å². The molecule has 0 saturated heterocycles. The molecule has 0 heterocycles. The summed E-state index contributed by atoms with van der Waals surface area (Å²) in [5.41, 5.74) is 1.44. The van der Waals surface area contributed by atoms with E-state index in [0.717, 1.165) is 5.56 Å². The maximum atomic E-state index is 11.6. The minimum Gasteiger partial charge on any atom is -0.293 e. The maximum Gasteiger partial charge on any atom is 0.176 e. The number of Topliss-reactive ketones (excluding diaryl/α,β-unsaturated/α-hetero) is 1. The first-order valence-electron chi connectivity index (χ1n) is 4.09. The minimum absolute atomic E-state index is 0.0213. The zero-order chi connectivity index (χ0) is 10.7. The molecule has 0 bridgehead atoms. The van der Waals surface area contributed by atoms with Gasteiger partial charge in [-0.3, -0.25) is 4.79 Å². The van der Waals surface area contributed by atoms with E-state index in [1.165, 1.54) is 0 Å². The summed E-state index contributed by atoms with van der Waals surface area (Å²) < 4.78 is 0. The second-order valence-electron chi connectivity index (χ2n) is 2.92. The summed E-state index contributed by atoms with van der Waals surface area (Å²) in [6.07, 6.45) is 0. The molecule has 4 heteroatoms. The van der Waals surface area contributed by atoms with Gasteiger partial charge in [-0.2, -0.15) is 0 Å². The van der Waals surface area contributed by atoms with Gasteiger partial charge in [0.15, 0.2) is 5.78 Å². The number of rotatable bonds is 3. The van der Waals surface area contributed by atoms with Crippen LogP contribution in [-0.2, 0) is 5.88 Å². The minimum atomic E-state index is -0.194. The topological polar surface area (TPSA) is 17.1 Å². The van der Waals surface area contributed by atoms with Crippen LogP contribution < -0.4 is 0 Å². The SMILES string of the molecule is CC(Br)C(=O)c1ccc(CCl)c(Cl)c1. The molecule has 0 aromatic heterocycles. The summed E-state index contributed by atoms with van der Waals surface area (Å²) in [7, 11) is 0. The average Bonchev–Trinajstić information content (AvgIpc) is 2.16. The van der Waals surface area contributed by atoms with E-state index in [2.05, 4.69) is 15.9 Å². The molecule has 1 aromatic carbocycles. The Labute approximate surface area is 102 Å². The number of hydrogen-bond donors (Lipinski definition) is 0. The van der Waals surface area contributed by atoms with Crippen LogP contribution in [0.15, 0.2) is 18.2 Å². The summed E-state index contributed by atoms with van der Waals surface area (Å²) in [4.78, 5) is 11.4. The van der Waals surface area contributed by atoms with Crippen LogP contribution in [0.4, 0.5) is 0 Å². The van der Waals surface area contributed by atoms with Crippen molar-refractivity contribution in [3.63, 3.8) is 0 Å². The molecule has 0 aliphatic carbocycles. The Morgan fingerprint density at radius 3 is 2.64 bits per heavy atom. The highest BCUT2D eigenvalue weighted by Crippen LogP contribution is 2.21. The van der Waals surface area contributed by atoms with Gasteiger partial charge in [-0.25, -0.2) is 0 Å². The van der Waals surface area contributed by atoms with E-state index in [9.17, 15) is 4.79 Å². The fraction of sp³-hybridized carbons (Fsp3) is 0.300. The van der Waals surface area contributed by atoms with Crippen LogP contribution in [0.2, 0.25) is 5.02 Å². The van der Waals surface area contributed by atoms with Crippen LogP contribution in [0.1, 0.15) is 22.8 Å². The van der Waals surface area contributed by atoms with Crippen molar-refractivity contribution in [2.75, 3.05) is 0 Å². The van der Waals surface area contributed by atoms with Crippen LogP contribution in [0, 0.1) is 0 Å². The van der Waals surface area contributed by atoms with Crippen molar-refractivity contribution in [1.29, 1.82) is 0 Å². The van der Waals surface area contributed by atoms with E-state index >= 15 is 0 Å². The van der Waals surface area contributed by atoms with Crippen molar-refractivity contribution in [3.8, 4) is 0 Å². The largest absolute Gasteiger partial charge is 0.293 e. The fourth-order valence-electron chi connectivity index (χ4n) is 1.04. The molecule has 1 nitrogen and oxygen atoms in total. The lowest BCUT2D eigenvalue weighted by molar-refractivity contribution is 0.0996. The smallest absolute Gasteiger partial charge is 0.176 e. The Bertz CT molecular complexity index is 350. The molecule has 1 aromatic rings. The van der Waals surface area contributed by atoms with Crippen LogP contribution in [0.3, 0.4) is 0 Å². The molecular formula is C10H9BrCl2O. The predicted molar refractivity (Wildman–Crippen MR) is 63.7 cm³/mol. The molecule has 0 aliphatic rings. The third-order valence-electron chi connectivity index (χ3n) is 1.84. The summed E-state index contributed by atoms with van der Waals surface area (Å²) in [5, 5.41) is 0.541. The molecule has 14 heavy (non-hydrogen) atoms. The lowest BCUT2D eigenvalue weighted by atomic mass is 10.1. The number of alkyl halides is 2. The summed E-state index contributed by atoms with van der Waals surface area (Å²) in [5.74, 6) is 0.380. The van der Waals surface area contributed by atoms with Crippen LogP contribution >= 0.6 is 39.1 Å². The van der Waals surface area contributed by atoms with Gasteiger partial charge >= 0.3 is 0 Å². The molecule has 0 N–H and O–H groups in total. The third kappa shape index (κ3) is 2.72. The average molecular weight is 296 g/mol. The summed E-state index contributed by atoms with van der Waals surface area (Å²) >= 11 is 14.8. The van der Waals surface area contributed by atoms with Crippen molar-refractivity contribution >= 4 is 44.9 Å². The highest BCUT2D eigenvalue weighted by molar-refractivity contribution is 9.10. The number of ketones is 1. The van der Waals surface area contributed by atoms with Crippen LogP contribution in [0.5, 0.6) is 0 Å². The number of hydrogen-bond acceptors (Lipinski definition) is 1. The van der Waals surface area contributed by atoms with Gasteiger partial charge in [0.1, 0.15) is 0 Å². The molecule has 0 saturated carbocycles. The Balaban J connectivity index is 3.03. The molecule has 0 aliphatic heterocycles. The first-order chi connectivity index (χ1) is 6.56. The molecule has 0 radical (unpaired) electrons. The van der Waals surface area contributed by atoms with E-state index in [0.29, 0.717) is 16.5 Å². The lowest BCUT2D eigenvalue weighted by Gasteiger charge is -2.05. The maximum absolute atomic E-state index is 11.6. The molecule has 1 rings (SSSR count). The van der Waals surface area contributed by atoms with Gasteiger partial charge in [0.05, 0.1) is 4.83 Å². The van der Waals surface area contributed by atoms with E-state index in [1.807, 2.05) is 0 Å². The van der Waals surface area contributed by atoms with Gasteiger partial charge in [0.2, 0.25) is 0 Å². The lowest BCUT2D eigenvalue weighted by Crippen LogP contribution is -2.09. The first-order valence-corrected chi connectivity index (χ1v) is 5.91. The summed E-state index contributed by atoms with van der Waals surface area (Å²) in [6.45, 7) is 1.78. The highest BCUT2D eigenvalue weighted by Gasteiger charge is 2.12. The van der Waals surface area contributed by atoms with Crippen molar-refractivity contribution in [3.05, 3.63) is 34.3 Å². The molecule has 1 atom stereocenters. The number of carbonyl (C=O) groups excluding carboxylic acids is 1. The Hall–Kier alpha value is -0.0500. The number of halogens is 3. The number of carbonyl (C=O) groups is 1. The second-order valence-corrected chi connectivity index (χ2v) is 4.97. The Morgan fingerprint density at radius 2 is 2.21 bits per heavy atom. The van der Waals surface area contributed by atoms with Crippen molar-refractivity contribution in [2.24, 2.45) is 0 Å². The van der Waals surface area contributed by atoms with Crippen molar-refractivity contribution < 1.29 is 4.79 Å². The fourth-order valence-corrected chi connectivity index (χ4v) is 1.85. The van der Waals surface area contributed by atoms with E-state index < -0.39 is 0 Å². The van der Waals surface area contributed by atoms with Gasteiger partial charge < -0.3 is 0 Å². The monoisotopic (exact) mass is 294 g/mol. The van der Waals surface area contributed by atoms with Gasteiger partial charge in [-0.1, -0.05) is 39.7 Å². The van der Waals surface area contributed by atoms with Crippen molar-refractivity contribution in [1.82, 2.24) is 0 Å². The van der Waals surface area contributed by atoms with Gasteiger partial charge in [-0.05, 0) is 18.6 Å². The zero-order valence-electron chi connectivity index (χ0n) is 7.56. The Morgan fingerprint density at radius 1 is 1.57 bits per heavy atom. The van der Waals surface area contributed by atoms with Gasteiger partial charge in [0, 0.05) is 16.5 Å². The van der Waals surface area contributed by atoms with E-state index in [4.69, 9.17) is 23.2 Å². The van der Waals surface area contributed by atoms with Crippen molar-refractivity contribution in [2.45, 2.75) is 17.6 Å². The molecule has 0 amide bonds. The molecule has 76 valence electrons. The highest BCUT2D eigenvalue weighted by atomic mass is 79.9. The van der Waals surface area contributed by atoms with Gasteiger partial charge in [-0.15, -0.1) is 11.6 Å². The summed E-state index contributed by atoms with van der Waals surface area (Å²) in [6, 6.07) is 5.17. The normalized spacial score (nSPS) is 12.6. The van der Waals surface area contributed by atoms with Crippen LogP contribution in [-0.4, -0.2) is 10.6 Å². The first kappa shape index (κ1) is 12.0. The second kappa shape index (κ2) is 5.15. The molecular weight excluding hydrogens is 287 g/mol. The van der Waals surface area contributed by atoms with Gasteiger partial charge in [0.25, 0.3) is 0 Å². The number of benzene rings is 1. The zero-order valence-corrected chi connectivity index (χ0v) is 10.7. The molecule has 1 unspecified atom stereocenters. The predicted octanol–water partition coefficient (Wildman–Crippen LogP) is 4.04. The Kier molecular flexibility index (Phi) is 4.42. The molecule has 0 fully saturated rings. The van der Waals surface area contributed by atoms with E-state index in [1.54, 1.807) is 25.1 Å². The third-order valence-corrected chi connectivity index (χ3v) is 2.90. The van der Waals surface area contributed by atoms with Crippen LogP contribution in [0.25, 0.3) is 0 Å².